The van der Waals surface area contributed by atoms with E-state index in [1.165, 1.54) is 0 Å². The van der Waals surface area contributed by atoms with Gasteiger partial charge in [-0.15, -0.1) is 0 Å². The molecule has 0 radical (unpaired) electrons. The number of carbonyl (C=O) groups is 1. The Morgan fingerprint density at radius 1 is 0.860 bits per heavy atom. The highest BCUT2D eigenvalue weighted by molar-refractivity contribution is 5.89. The van der Waals surface area contributed by atoms with Crippen LogP contribution in [-0.2, 0) is 23.2 Å². The molecule has 5 aromatic rings. The van der Waals surface area contributed by atoms with Crippen LogP contribution in [0.4, 0.5) is 0 Å². The molecule has 2 heterocycles. The molecular formula is C36H35N3O4. The molecule has 4 aromatic carbocycles. The second kappa shape index (κ2) is 11.7. The van der Waals surface area contributed by atoms with Crippen LogP contribution in [0.15, 0.2) is 91.0 Å². The van der Waals surface area contributed by atoms with Crippen LogP contribution in [0.5, 0.6) is 17.2 Å². The standard InChI is InChI=1S/C36H35N3O4/c1-41-26-19-32(42-2)29(33(20-26)43-3)22-36(25-17-15-24(16-18-25)14-13-23-9-5-4-6-10-23)34-28(21-31(39-36)35(37)40)27-11-7-8-12-30(27)38-34/h4-20,31,38-39H,21-22H2,1-3H3,(H2,37,40)/b14-13+/t31-,36+/m1/s1. The maximum absolute atomic E-state index is 12.9. The van der Waals surface area contributed by atoms with Gasteiger partial charge in [0.2, 0.25) is 5.91 Å². The van der Waals surface area contributed by atoms with Crippen molar-refractivity contribution < 1.29 is 19.0 Å². The molecule has 2 atom stereocenters. The number of primary amides is 1. The van der Waals surface area contributed by atoms with Crippen LogP contribution in [0.3, 0.4) is 0 Å². The van der Waals surface area contributed by atoms with Gasteiger partial charge in [0.05, 0.1) is 32.9 Å². The molecule has 0 unspecified atom stereocenters. The van der Waals surface area contributed by atoms with Gasteiger partial charge in [-0.05, 0) is 34.7 Å². The molecule has 1 aromatic heterocycles. The third-order valence-electron chi connectivity index (χ3n) is 8.34. The van der Waals surface area contributed by atoms with Crippen molar-refractivity contribution in [2.75, 3.05) is 21.3 Å². The lowest BCUT2D eigenvalue weighted by molar-refractivity contribution is -0.120. The molecule has 0 spiro atoms. The number of nitrogens with two attached hydrogens (primary N) is 1. The molecule has 0 aliphatic carbocycles. The molecule has 1 aliphatic rings. The van der Waals surface area contributed by atoms with E-state index in [1.54, 1.807) is 21.3 Å². The van der Waals surface area contributed by atoms with E-state index < -0.39 is 17.5 Å². The van der Waals surface area contributed by atoms with E-state index in [-0.39, 0.29) is 0 Å². The molecule has 43 heavy (non-hydrogen) atoms. The van der Waals surface area contributed by atoms with Crippen molar-refractivity contribution in [3.05, 3.63) is 125 Å². The lowest BCUT2D eigenvalue weighted by Gasteiger charge is -2.42. The van der Waals surface area contributed by atoms with Crippen LogP contribution in [0, 0.1) is 0 Å². The number of methoxy groups -OCH3 is 3. The molecule has 0 bridgehead atoms. The summed E-state index contributed by atoms with van der Waals surface area (Å²) in [5.41, 5.74) is 12.2. The Morgan fingerprint density at radius 3 is 2.12 bits per heavy atom. The molecule has 6 rings (SSSR count). The lowest BCUT2D eigenvalue weighted by Crippen LogP contribution is -2.59. The Balaban J connectivity index is 1.55. The third kappa shape index (κ3) is 5.24. The molecule has 0 saturated heterocycles. The highest BCUT2D eigenvalue weighted by Gasteiger charge is 2.46. The Bertz CT molecular complexity index is 1770. The number of aromatic nitrogens is 1. The Kier molecular flexibility index (Phi) is 7.65. The van der Waals surface area contributed by atoms with E-state index >= 15 is 0 Å². The Labute approximate surface area is 251 Å². The van der Waals surface area contributed by atoms with Gasteiger partial charge in [-0.25, -0.2) is 0 Å². The SMILES string of the molecule is COc1cc(OC)c(C[C@@]2(c3ccc(/C=C/c4ccccc4)cc3)N[C@@H](C(N)=O)Cc3c2[nH]c2ccccc32)c(OC)c1. The van der Waals surface area contributed by atoms with Gasteiger partial charge in [0.25, 0.3) is 0 Å². The van der Waals surface area contributed by atoms with Gasteiger partial charge in [0, 0.05) is 40.7 Å². The maximum Gasteiger partial charge on any atom is 0.234 e. The van der Waals surface area contributed by atoms with Crippen LogP contribution in [0.25, 0.3) is 23.1 Å². The van der Waals surface area contributed by atoms with E-state index in [1.807, 2.05) is 42.5 Å². The first-order valence-electron chi connectivity index (χ1n) is 14.3. The number of hydrogen-bond donors (Lipinski definition) is 3. The van der Waals surface area contributed by atoms with E-state index in [0.29, 0.717) is 30.1 Å². The fourth-order valence-corrected chi connectivity index (χ4v) is 6.19. The molecule has 0 fully saturated rings. The minimum Gasteiger partial charge on any atom is -0.496 e. The Hall–Kier alpha value is -5.01. The third-order valence-corrected chi connectivity index (χ3v) is 8.34. The first kappa shape index (κ1) is 28.1. The van der Waals surface area contributed by atoms with Crippen molar-refractivity contribution in [1.82, 2.24) is 10.3 Å². The van der Waals surface area contributed by atoms with Gasteiger partial charge in [0.15, 0.2) is 0 Å². The summed E-state index contributed by atoms with van der Waals surface area (Å²) >= 11 is 0. The lowest BCUT2D eigenvalue weighted by atomic mass is 9.74. The number of hydrogen-bond acceptors (Lipinski definition) is 5. The predicted molar refractivity (Wildman–Crippen MR) is 171 cm³/mol. The van der Waals surface area contributed by atoms with Crippen LogP contribution < -0.4 is 25.3 Å². The summed E-state index contributed by atoms with van der Waals surface area (Å²) in [6.07, 6.45) is 5.07. The number of amides is 1. The number of benzene rings is 4. The van der Waals surface area contributed by atoms with E-state index in [0.717, 1.165) is 44.4 Å². The first-order chi connectivity index (χ1) is 21.0. The van der Waals surface area contributed by atoms with Crippen LogP contribution in [0.2, 0.25) is 0 Å². The van der Waals surface area contributed by atoms with Crippen molar-refractivity contribution in [3.63, 3.8) is 0 Å². The number of nitrogens with one attached hydrogen (secondary N) is 2. The summed E-state index contributed by atoms with van der Waals surface area (Å²) in [4.78, 5) is 16.6. The summed E-state index contributed by atoms with van der Waals surface area (Å²) in [6, 6.07) is 29.9. The summed E-state index contributed by atoms with van der Waals surface area (Å²) in [5, 5.41) is 4.77. The van der Waals surface area contributed by atoms with Crippen LogP contribution >= 0.6 is 0 Å². The topological polar surface area (TPSA) is 98.6 Å². The molecular weight excluding hydrogens is 538 g/mol. The minimum absolute atomic E-state index is 0.406. The van der Waals surface area contributed by atoms with Crippen LogP contribution in [0.1, 0.15) is 33.5 Å². The number of carbonyl (C=O) groups excluding carboxylic acids is 1. The summed E-state index contributed by atoms with van der Waals surface area (Å²) in [6.45, 7) is 0. The quantitative estimate of drug-likeness (QED) is 0.192. The van der Waals surface area contributed by atoms with Crippen molar-refractivity contribution in [2.45, 2.75) is 24.4 Å². The van der Waals surface area contributed by atoms with E-state index in [4.69, 9.17) is 19.9 Å². The summed E-state index contributed by atoms with van der Waals surface area (Å²) < 4.78 is 17.3. The van der Waals surface area contributed by atoms with E-state index in [2.05, 4.69) is 71.0 Å². The smallest absolute Gasteiger partial charge is 0.234 e. The van der Waals surface area contributed by atoms with Gasteiger partial charge in [-0.1, -0.05) is 84.9 Å². The van der Waals surface area contributed by atoms with Gasteiger partial charge in [-0.2, -0.15) is 0 Å². The largest absolute Gasteiger partial charge is 0.496 e. The van der Waals surface area contributed by atoms with Crippen molar-refractivity contribution in [3.8, 4) is 17.2 Å². The minimum atomic E-state index is -0.872. The van der Waals surface area contributed by atoms with Gasteiger partial charge in [0.1, 0.15) is 17.2 Å². The number of para-hydroxylation sites is 1. The molecule has 7 heteroatoms. The van der Waals surface area contributed by atoms with Crippen LogP contribution in [-0.4, -0.2) is 38.3 Å². The molecule has 1 aliphatic heterocycles. The molecule has 1 amide bonds. The van der Waals surface area contributed by atoms with Crippen molar-refractivity contribution in [2.24, 2.45) is 5.73 Å². The number of fused-ring (bicyclic) bond motifs is 3. The van der Waals surface area contributed by atoms with Gasteiger partial charge >= 0.3 is 0 Å². The predicted octanol–water partition coefficient (Wildman–Crippen LogP) is 5.85. The molecule has 0 saturated carbocycles. The summed E-state index contributed by atoms with van der Waals surface area (Å²) in [5.74, 6) is 1.47. The number of aromatic amines is 1. The highest BCUT2D eigenvalue weighted by atomic mass is 16.5. The first-order valence-corrected chi connectivity index (χ1v) is 14.3. The second-order valence-electron chi connectivity index (χ2n) is 10.8. The summed E-state index contributed by atoms with van der Waals surface area (Å²) in [7, 11) is 4.88. The average molecular weight is 574 g/mol. The molecule has 218 valence electrons. The van der Waals surface area contributed by atoms with Crippen molar-refractivity contribution >= 4 is 29.0 Å². The average Bonchev–Trinajstić information content (AvgIpc) is 3.44. The fourth-order valence-electron chi connectivity index (χ4n) is 6.19. The molecule has 7 nitrogen and oxygen atoms in total. The number of H-pyrrole nitrogens is 1. The second-order valence-corrected chi connectivity index (χ2v) is 10.8. The maximum atomic E-state index is 12.9. The monoisotopic (exact) mass is 573 g/mol. The van der Waals surface area contributed by atoms with Gasteiger partial charge < -0.3 is 24.9 Å². The fraction of sp³-hybridized carbons (Fsp3) is 0.194. The normalized spacial score (nSPS) is 18.0. The zero-order valence-electron chi connectivity index (χ0n) is 24.5. The Morgan fingerprint density at radius 2 is 1.49 bits per heavy atom. The number of rotatable bonds is 9. The van der Waals surface area contributed by atoms with Crippen molar-refractivity contribution in [1.29, 1.82) is 0 Å². The zero-order valence-corrected chi connectivity index (χ0v) is 24.5. The van der Waals surface area contributed by atoms with E-state index in [9.17, 15) is 4.79 Å². The van der Waals surface area contributed by atoms with Gasteiger partial charge in [-0.3, -0.25) is 10.1 Å². The number of ether oxygens (including phenoxy) is 3. The molecule has 4 N–H and O–H groups in total. The highest BCUT2D eigenvalue weighted by Crippen LogP contribution is 2.46. The zero-order chi connectivity index (χ0) is 30.0.